The van der Waals surface area contributed by atoms with Gasteiger partial charge in [0.2, 0.25) is 10.0 Å². The molecule has 120 valence electrons. The molecule has 0 spiro atoms. The van der Waals surface area contributed by atoms with Crippen LogP contribution in [-0.2, 0) is 14.8 Å². The third kappa shape index (κ3) is 4.21. The van der Waals surface area contributed by atoms with Crippen LogP contribution in [0.4, 0.5) is 0 Å². The van der Waals surface area contributed by atoms with Crippen molar-refractivity contribution in [2.75, 3.05) is 13.7 Å². The maximum absolute atomic E-state index is 12.4. The quantitative estimate of drug-likeness (QED) is 0.453. The molecular weight excluding hydrogens is 308 g/mol. The number of amides is 1. The smallest absolute Gasteiger partial charge is 0.261 e. The van der Waals surface area contributed by atoms with Gasteiger partial charge in [0.1, 0.15) is 18.4 Å². The molecule has 0 bridgehead atoms. The lowest BCUT2D eigenvalue weighted by Gasteiger charge is -2.22. The van der Waals surface area contributed by atoms with Crippen LogP contribution in [0.1, 0.15) is 13.8 Å². The molecule has 1 amide bonds. The number of hydroxylamine groups is 1. The second-order valence-electron chi connectivity index (χ2n) is 4.36. The van der Waals surface area contributed by atoms with E-state index in [0.717, 1.165) is 4.31 Å². The number of likely N-dealkylation sites (N-methyl/N-ethyl adjacent to an activating group) is 1. The van der Waals surface area contributed by atoms with Gasteiger partial charge in [0.25, 0.3) is 5.91 Å². The zero-order chi connectivity index (χ0) is 16.8. The number of rotatable bonds is 6. The Morgan fingerprint density at radius 2 is 2.00 bits per heavy atom. The van der Waals surface area contributed by atoms with E-state index in [4.69, 9.17) is 9.94 Å². The van der Waals surface area contributed by atoms with E-state index in [1.807, 2.05) is 0 Å². The molecule has 0 saturated heterocycles. The molecule has 1 aromatic rings. The minimum atomic E-state index is -3.86. The van der Waals surface area contributed by atoms with Gasteiger partial charge in [-0.2, -0.15) is 4.31 Å². The van der Waals surface area contributed by atoms with Crippen molar-refractivity contribution < 1.29 is 23.2 Å². The normalized spacial score (nSPS) is 12.2. The van der Waals surface area contributed by atoms with Crippen molar-refractivity contribution in [3.05, 3.63) is 24.3 Å². The molecule has 2 N–H and O–H groups in total. The fraction of sp³-hybridized carbons (Fsp3) is 0.357. The SMILES string of the molecule is CC#CCOc1ccc(S(=O)(=O)N(C)[C@@H](C)C(=O)NO)cc1. The molecule has 7 nitrogen and oxygen atoms in total. The monoisotopic (exact) mass is 326 g/mol. The highest BCUT2D eigenvalue weighted by atomic mass is 32.2. The van der Waals surface area contributed by atoms with Crippen molar-refractivity contribution in [2.45, 2.75) is 24.8 Å². The highest BCUT2D eigenvalue weighted by molar-refractivity contribution is 7.89. The summed E-state index contributed by atoms with van der Waals surface area (Å²) in [4.78, 5) is 11.3. The number of ether oxygens (including phenoxy) is 1. The lowest BCUT2D eigenvalue weighted by molar-refractivity contribution is -0.132. The van der Waals surface area contributed by atoms with E-state index in [-0.39, 0.29) is 11.5 Å². The van der Waals surface area contributed by atoms with Gasteiger partial charge in [0, 0.05) is 7.05 Å². The van der Waals surface area contributed by atoms with Crippen LogP contribution in [0.25, 0.3) is 0 Å². The number of carbonyl (C=O) groups is 1. The zero-order valence-corrected chi connectivity index (χ0v) is 13.3. The molecule has 22 heavy (non-hydrogen) atoms. The maximum atomic E-state index is 12.4. The molecule has 0 aromatic heterocycles. The first-order valence-corrected chi connectivity index (χ1v) is 7.83. The third-order valence-electron chi connectivity index (χ3n) is 3.02. The Labute approximate surface area is 129 Å². The highest BCUT2D eigenvalue weighted by Gasteiger charge is 2.29. The summed E-state index contributed by atoms with van der Waals surface area (Å²) in [6, 6.07) is 4.73. The Bertz CT molecular complexity index is 673. The first-order chi connectivity index (χ1) is 10.3. The fourth-order valence-electron chi connectivity index (χ4n) is 1.53. The molecule has 0 unspecified atom stereocenters. The molecule has 0 aliphatic rings. The average molecular weight is 326 g/mol. The molecule has 1 atom stereocenters. The highest BCUT2D eigenvalue weighted by Crippen LogP contribution is 2.20. The van der Waals surface area contributed by atoms with Gasteiger partial charge in [0.15, 0.2) is 0 Å². The zero-order valence-electron chi connectivity index (χ0n) is 12.5. The molecule has 0 saturated carbocycles. The van der Waals surface area contributed by atoms with Gasteiger partial charge < -0.3 is 4.74 Å². The summed E-state index contributed by atoms with van der Waals surface area (Å²) in [6.45, 7) is 3.28. The van der Waals surface area contributed by atoms with E-state index in [1.165, 1.54) is 43.7 Å². The minimum Gasteiger partial charge on any atom is -0.481 e. The van der Waals surface area contributed by atoms with Gasteiger partial charge in [0.05, 0.1) is 4.90 Å². The molecule has 0 aliphatic carbocycles. The number of nitrogens with one attached hydrogen (secondary N) is 1. The van der Waals surface area contributed by atoms with E-state index in [1.54, 1.807) is 6.92 Å². The summed E-state index contributed by atoms with van der Waals surface area (Å²) in [6.07, 6.45) is 0. The molecule has 0 aliphatic heterocycles. The van der Waals surface area contributed by atoms with Crippen LogP contribution >= 0.6 is 0 Å². The third-order valence-corrected chi connectivity index (χ3v) is 4.97. The van der Waals surface area contributed by atoms with Crippen LogP contribution < -0.4 is 10.2 Å². The molecule has 0 heterocycles. The first-order valence-electron chi connectivity index (χ1n) is 6.39. The van der Waals surface area contributed by atoms with Crippen molar-refractivity contribution in [3.8, 4) is 17.6 Å². The Morgan fingerprint density at radius 3 is 2.50 bits per heavy atom. The summed E-state index contributed by atoms with van der Waals surface area (Å²) in [5, 5.41) is 8.58. The van der Waals surface area contributed by atoms with Crippen LogP contribution in [0, 0.1) is 11.8 Å². The van der Waals surface area contributed by atoms with E-state index >= 15 is 0 Å². The Hall–Kier alpha value is -2.08. The molecular formula is C14H18N2O5S. The lowest BCUT2D eigenvalue weighted by Crippen LogP contribution is -2.44. The lowest BCUT2D eigenvalue weighted by atomic mass is 10.3. The number of sulfonamides is 1. The van der Waals surface area contributed by atoms with Gasteiger partial charge in [-0.3, -0.25) is 10.0 Å². The van der Waals surface area contributed by atoms with E-state index < -0.39 is 22.0 Å². The van der Waals surface area contributed by atoms with Gasteiger partial charge in [-0.15, -0.1) is 5.92 Å². The Morgan fingerprint density at radius 1 is 1.41 bits per heavy atom. The molecule has 1 aromatic carbocycles. The van der Waals surface area contributed by atoms with Crippen molar-refractivity contribution in [3.63, 3.8) is 0 Å². The molecule has 0 radical (unpaired) electrons. The van der Waals surface area contributed by atoms with Crippen LogP contribution in [0.15, 0.2) is 29.2 Å². The summed E-state index contributed by atoms with van der Waals surface area (Å²) in [5.74, 6) is 5.08. The topological polar surface area (TPSA) is 95.9 Å². The number of benzene rings is 1. The molecule has 0 fully saturated rings. The second kappa shape index (κ2) is 7.79. The van der Waals surface area contributed by atoms with Gasteiger partial charge in [-0.1, -0.05) is 5.92 Å². The predicted molar refractivity (Wildman–Crippen MR) is 79.7 cm³/mol. The predicted octanol–water partition coefficient (Wildman–Crippen LogP) is 0.603. The van der Waals surface area contributed by atoms with Crippen molar-refractivity contribution >= 4 is 15.9 Å². The van der Waals surface area contributed by atoms with E-state index in [0.29, 0.717) is 5.75 Å². The Balaban J connectivity index is 2.93. The van der Waals surface area contributed by atoms with Crippen molar-refractivity contribution in [1.29, 1.82) is 0 Å². The number of hydrogen-bond donors (Lipinski definition) is 2. The minimum absolute atomic E-state index is 0.0153. The Kier molecular flexibility index (Phi) is 6.37. The molecule has 1 rings (SSSR count). The van der Waals surface area contributed by atoms with Crippen molar-refractivity contribution in [2.24, 2.45) is 0 Å². The molecule has 8 heteroatoms. The number of nitrogens with zero attached hydrogens (tertiary/aromatic N) is 1. The number of carbonyl (C=O) groups excluding carboxylic acids is 1. The van der Waals surface area contributed by atoms with E-state index in [9.17, 15) is 13.2 Å². The first kappa shape index (κ1) is 18.0. The van der Waals surface area contributed by atoms with Gasteiger partial charge in [-0.05, 0) is 38.1 Å². The fourth-order valence-corrected chi connectivity index (χ4v) is 2.86. The summed E-state index contributed by atoms with van der Waals surface area (Å²) < 4.78 is 30.9. The van der Waals surface area contributed by atoms with Crippen LogP contribution in [-0.4, -0.2) is 43.5 Å². The second-order valence-corrected chi connectivity index (χ2v) is 6.36. The van der Waals surface area contributed by atoms with Crippen molar-refractivity contribution in [1.82, 2.24) is 9.79 Å². The van der Waals surface area contributed by atoms with Gasteiger partial charge in [-0.25, -0.2) is 13.9 Å². The van der Waals surface area contributed by atoms with Gasteiger partial charge >= 0.3 is 0 Å². The van der Waals surface area contributed by atoms with Crippen LogP contribution in [0.5, 0.6) is 5.75 Å². The number of hydrogen-bond acceptors (Lipinski definition) is 5. The summed E-state index contributed by atoms with van der Waals surface area (Å²) >= 11 is 0. The van der Waals surface area contributed by atoms with E-state index in [2.05, 4.69) is 11.8 Å². The standard InChI is InChI=1S/C14H18N2O5S/c1-4-5-10-21-12-6-8-13(9-7-12)22(19,20)16(3)11(2)14(17)15-18/h6-9,11,18H,10H2,1-3H3,(H,15,17)/t11-/m0/s1. The average Bonchev–Trinajstić information content (AvgIpc) is 2.53. The van der Waals surface area contributed by atoms with Crippen LogP contribution in [0.3, 0.4) is 0 Å². The largest absolute Gasteiger partial charge is 0.481 e. The maximum Gasteiger partial charge on any atom is 0.261 e. The summed E-state index contributed by atoms with van der Waals surface area (Å²) in [7, 11) is -2.60. The summed E-state index contributed by atoms with van der Waals surface area (Å²) in [5.41, 5.74) is 1.43. The van der Waals surface area contributed by atoms with Crippen LogP contribution in [0.2, 0.25) is 0 Å².